The van der Waals surface area contributed by atoms with E-state index in [4.69, 9.17) is 4.74 Å². The number of ether oxygens (including phenoxy) is 1. The quantitative estimate of drug-likeness (QED) is 0.835. The van der Waals surface area contributed by atoms with Crippen LogP contribution in [0.1, 0.15) is 67.7 Å². The van der Waals surface area contributed by atoms with Gasteiger partial charge >= 0.3 is 0 Å². The SMILES string of the molecule is CCCCC(=O)c1cc2c3c([nH]c2cc1OC)C(C)N(C(C)=O)CC3. The summed E-state index contributed by atoms with van der Waals surface area (Å²) in [6.45, 7) is 6.44. The number of carbonyl (C=O) groups is 2. The molecule has 1 aliphatic rings. The molecular weight excluding hydrogens is 316 g/mol. The van der Waals surface area contributed by atoms with Crippen LogP contribution < -0.4 is 4.74 Å². The average Bonchev–Trinajstić information content (AvgIpc) is 2.97. The van der Waals surface area contributed by atoms with Gasteiger partial charge in [0.05, 0.1) is 18.7 Å². The number of hydrogen-bond donors (Lipinski definition) is 1. The molecule has 134 valence electrons. The first-order valence-corrected chi connectivity index (χ1v) is 9.00. The third-order valence-corrected chi connectivity index (χ3v) is 5.21. The lowest BCUT2D eigenvalue weighted by Crippen LogP contribution is -2.37. The monoisotopic (exact) mass is 342 g/mol. The Hall–Kier alpha value is -2.30. The van der Waals surface area contributed by atoms with Gasteiger partial charge in [0.25, 0.3) is 0 Å². The van der Waals surface area contributed by atoms with Crippen LogP contribution in [0.4, 0.5) is 0 Å². The summed E-state index contributed by atoms with van der Waals surface area (Å²) in [6, 6.07) is 3.90. The predicted molar refractivity (Wildman–Crippen MR) is 98.2 cm³/mol. The summed E-state index contributed by atoms with van der Waals surface area (Å²) < 4.78 is 5.47. The number of aromatic nitrogens is 1. The van der Waals surface area contributed by atoms with Gasteiger partial charge in [0.1, 0.15) is 5.75 Å². The minimum absolute atomic E-state index is 0.0129. The zero-order valence-corrected chi connectivity index (χ0v) is 15.4. The summed E-state index contributed by atoms with van der Waals surface area (Å²) in [5.41, 5.74) is 3.90. The summed E-state index contributed by atoms with van der Waals surface area (Å²) in [4.78, 5) is 29.7. The average molecular weight is 342 g/mol. The molecule has 2 aromatic rings. The van der Waals surface area contributed by atoms with E-state index in [1.165, 1.54) is 5.56 Å². The molecule has 1 amide bonds. The molecule has 0 radical (unpaired) electrons. The lowest BCUT2D eigenvalue weighted by atomic mass is 9.96. The Kier molecular flexibility index (Phi) is 4.84. The number of Topliss-reactive ketones (excluding diaryl/α,β-unsaturated/α-hetero) is 1. The molecule has 0 saturated heterocycles. The lowest BCUT2D eigenvalue weighted by molar-refractivity contribution is -0.131. The van der Waals surface area contributed by atoms with Crippen molar-refractivity contribution in [1.29, 1.82) is 0 Å². The Balaban J connectivity index is 2.08. The standard InChI is InChI=1S/C20H26N2O3/c1-5-6-7-18(24)16-10-15-14-8-9-22(13(3)23)12(2)20(14)21-17(15)11-19(16)25-4/h10-12,21H,5-9H2,1-4H3. The number of amides is 1. The van der Waals surface area contributed by atoms with Crippen LogP contribution in [0.25, 0.3) is 10.9 Å². The number of nitrogens with one attached hydrogen (secondary N) is 1. The number of methoxy groups -OCH3 is 1. The third kappa shape index (κ3) is 3.03. The molecule has 1 aromatic heterocycles. The molecule has 0 spiro atoms. The number of benzene rings is 1. The molecule has 5 nitrogen and oxygen atoms in total. The third-order valence-electron chi connectivity index (χ3n) is 5.21. The molecule has 0 saturated carbocycles. The van der Waals surface area contributed by atoms with Crippen molar-refractivity contribution in [2.24, 2.45) is 0 Å². The summed E-state index contributed by atoms with van der Waals surface area (Å²) in [5.74, 6) is 0.831. The molecule has 0 fully saturated rings. The maximum Gasteiger partial charge on any atom is 0.220 e. The van der Waals surface area contributed by atoms with Crippen LogP contribution in [0, 0.1) is 0 Å². The Morgan fingerprint density at radius 2 is 2.12 bits per heavy atom. The largest absolute Gasteiger partial charge is 0.496 e. The van der Waals surface area contributed by atoms with Gasteiger partial charge in [0.15, 0.2) is 5.78 Å². The van der Waals surface area contributed by atoms with Crippen LogP contribution in [0.3, 0.4) is 0 Å². The topological polar surface area (TPSA) is 62.4 Å². The Bertz CT molecular complexity index is 822. The van der Waals surface area contributed by atoms with Gasteiger partial charge in [-0.05, 0) is 31.4 Å². The lowest BCUT2D eigenvalue weighted by Gasteiger charge is -2.32. The number of hydrogen-bond acceptors (Lipinski definition) is 3. The Morgan fingerprint density at radius 1 is 1.36 bits per heavy atom. The van der Waals surface area contributed by atoms with Crippen LogP contribution in [-0.4, -0.2) is 35.2 Å². The van der Waals surface area contributed by atoms with Crippen molar-refractivity contribution in [3.05, 3.63) is 29.0 Å². The van der Waals surface area contributed by atoms with Gasteiger partial charge in [-0.3, -0.25) is 9.59 Å². The number of ketones is 1. The van der Waals surface area contributed by atoms with Crippen LogP contribution in [0.5, 0.6) is 5.75 Å². The van der Waals surface area contributed by atoms with E-state index in [1.807, 2.05) is 24.0 Å². The smallest absolute Gasteiger partial charge is 0.220 e. The normalized spacial score (nSPS) is 16.8. The minimum Gasteiger partial charge on any atom is -0.496 e. The van der Waals surface area contributed by atoms with E-state index in [9.17, 15) is 9.59 Å². The summed E-state index contributed by atoms with van der Waals surface area (Å²) >= 11 is 0. The highest BCUT2D eigenvalue weighted by molar-refractivity contribution is 6.03. The van der Waals surface area contributed by atoms with Crippen molar-refractivity contribution in [1.82, 2.24) is 9.88 Å². The van der Waals surface area contributed by atoms with Crippen LogP contribution >= 0.6 is 0 Å². The number of unbranched alkanes of at least 4 members (excludes halogenated alkanes) is 1. The van der Waals surface area contributed by atoms with Gasteiger partial charge in [-0.25, -0.2) is 0 Å². The van der Waals surface area contributed by atoms with Crippen molar-refractivity contribution in [2.45, 2.75) is 52.5 Å². The van der Waals surface area contributed by atoms with Crippen LogP contribution in [-0.2, 0) is 11.2 Å². The maximum absolute atomic E-state index is 12.6. The molecule has 3 rings (SSSR count). The zero-order valence-electron chi connectivity index (χ0n) is 15.4. The van der Waals surface area contributed by atoms with Crippen molar-refractivity contribution in [3.63, 3.8) is 0 Å². The van der Waals surface area contributed by atoms with Crippen molar-refractivity contribution >= 4 is 22.6 Å². The number of rotatable bonds is 5. The number of H-pyrrole nitrogens is 1. The fourth-order valence-electron chi connectivity index (χ4n) is 3.80. The second kappa shape index (κ2) is 6.90. The highest BCUT2D eigenvalue weighted by Gasteiger charge is 2.29. The molecule has 0 bridgehead atoms. The van der Waals surface area contributed by atoms with Gasteiger partial charge in [-0.1, -0.05) is 13.3 Å². The molecule has 1 aromatic carbocycles. The first kappa shape index (κ1) is 17.5. The molecule has 25 heavy (non-hydrogen) atoms. The number of aromatic amines is 1. The van der Waals surface area contributed by atoms with E-state index >= 15 is 0 Å². The molecule has 1 atom stereocenters. The van der Waals surface area contributed by atoms with Crippen LogP contribution in [0.2, 0.25) is 0 Å². The van der Waals surface area contributed by atoms with Crippen molar-refractivity contribution in [2.75, 3.05) is 13.7 Å². The van der Waals surface area contributed by atoms with Gasteiger partial charge in [0, 0.05) is 42.6 Å². The molecule has 1 aliphatic heterocycles. The number of carbonyl (C=O) groups excluding carboxylic acids is 2. The van der Waals surface area contributed by atoms with E-state index < -0.39 is 0 Å². The van der Waals surface area contributed by atoms with E-state index in [1.54, 1.807) is 14.0 Å². The van der Waals surface area contributed by atoms with Crippen molar-refractivity contribution in [3.8, 4) is 5.75 Å². The molecule has 1 N–H and O–H groups in total. The number of fused-ring (bicyclic) bond motifs is 3. The van der Waals surface area contributed by atoms with Crippen LogP contribution in [0.15, 0.2) is 12.1 Å². The fourth-order valence-corrected chi connectivity index (χ4v) is 3.80. The van der Waals surface area contributed by atoms with Crippen molar-refractivity contribution < 1.29 is 14.3 Å². The Morgan fingerprint density at radius 3 is 2.76 bits per heavy atom. The highest BCUT2D eigenvalue weighted by atomic mass is 16.5. The van der Waals surface area contributed by atoms with Gasteiger partial charge < -0.3 is 14.6 Å². The molecule has 0 aliphatic carbocycles. The summed E-state index contributed by atoms with van der Waals surface area (Å²) in [5, 5.41) is 1.07. The second-order valence-corrected chi connectivity index (χ2v) is 6.78. The van der Waals surface area contributed by atoms with E-state index in [2.05, 4.69) is 11.9 Å². The molecule has 5 heteroatoms. The van der Waals surface area contributed by atoms with Gasteiger partial charge in [-0.2, -0.15) is 0 Å². The minimum atomic E-state index is 0.0129. The maximum atomic E-state index is 12.6. The van der Waals surface area contributed by atoms with E-state index in [0.717, 1.165) is 35.9 Å². The van der Waals surface area contributed by atoms with E-state index in [0.29, 0.717) is 24.3 Å². The van der Waals surface area contributed by atoms with Gasteiger partial charge in [0.2, 0.25) is 5.91 Å². The van der Waals surface area contributed by atoms with Gasteiger partial charge in [-0.15, -0.1) is 0 Å². The Labute approximate surface area is 148 Å². The first-order chi connectivity index (χ1) is 12.0. The summed E-state index contributed by atoms with van der Waals surface area (Å²) in [6.07, 6.45) is 3.22. The first-order valence-electron chi connectivity index (χ1n) is 9.00. The molecule has 2 heterocycles. The molecular formula is C20H26N2O3. The van der Waals surface area contributed by atoms with E-state index in [-0.39, 0.29) is 17.7 Å². The zero-order chi connectivity index (χ0) is 18.1. The summed E-state index contributed by atoms with van der Waals surface area (Å²) in [7, 11) is 1.60. The fraction of sp³-hybridized carbons (Fsp3) is 0.500. The predicted octanol–water partition coefficient (Wildman–Crippen LogP) is 4.02. The molecule has 1 unspecified atom stereocenters. The highest BCUT2D eigenvalue weighted by Crippen LogP contribution is 2.37. The second-order valence-electron chi connectivity index (χ2n) is 6.78. The number of nitrogens with zero attached hydrogens (tertiary/aromatic N) is 1.